The summed E-state index contributed by atoms with van der Waals surface area (Å²) in [6.07, 6.45) is 27.3. The van der Waals surface area contributed by atoms with Gasteiger partial charge in [-0.15, -0.1) is 11.8 Å². The standard InChI is InChI=1S/C20H26N2.C20H23N.C19H23ClN2.C19H21NO.C19H21NS.C19H21N.C18H22N2/c1-16(14-21(2)3)15-22-19-10-6-4-8-17(19)12-13-18-9-5-7-11-20(18)22;1-21(2)15-7-12-20-18-10-5-3-8-16(18)13-14-17-9-4-6-11-19(17)20;1-21(2)12-5-13-22-18-7-4-3-6-15(18)8-9-16-10-11-17(20)14-19(16)22;2*1-20(2)13-7-11-17-16-9-4-3-8-15(16)14-21-19-12-6-5-10-18(17)19;1-20-14-6-11-19-17-9-4-2-7-15(17)12-13-16-8-3-5-10-18(16)19;1-19-13-6-14-20-17-9-4-2-7-15(17)11-12-16-8-3-5-10-18(16)20/h4-11,16H,12-15H2,1-3H3;3-6,8-12H,7,13-15H2,1-2H3;3-4,6-7,10-11,14H,5,8-9,12-13H2,1-2H3;2*3-6,8-12H,7,13-14H2,1-2H3;2-5,7-11,20H,6,12-14H2,1H3;2-5,7-10,19H,6,11-14H2,1H3/b;;;2*17-11-;;. The Bertz CT molecular complexity index is 6130. The summed E-state index contributed by atoms with van der Waals surface area (Å²) in [5.74, 6) is 2.65. The van der Waals surface area contributed by atoms with Crippen molar-refractivity contribution < 1.29 is 4.74 Å². The number of anilines is 6. The lowest BCUT2D eigenvalue weighted by molar-refractivity contribution is 0.307. The molecule has 21 rings (SSSR count). The highest BCUT2D eigenvalue weighted by atomic mass is 35.5. The Hall–Kier alpha value is -12.4. The van der Waals surface area contributed by atoms with Gasteiger partial charge < -0.3 is 54.6 Å². The fraction of sp³-hybridized carbons (Fsp3) is 0.313. The highest BCUT2D eigenvalue weighted by Crippen LogP contribution is 2.45. The van der Waals surface area contributed by atoms with Gasteiger partial charge in [0.05, 0.1) is 0 Å². The number of nitrogens with one attached hydrogen (secondary N) is 2. The van der Waals surface area contributed by atoms with Crippen LogP contribution >= 0.6 is 23.4 Å². The van der Waals surface area contributed by atoms with Crippen LogP contribution in [0.2, 0.25) is 5.02 Å². The molecule has 2 aliphatic carbocycles. The molecule has 0 saturated carbocycles. The van der Waals surface area contributed by atoms with E-state index >= 15 is 0 Å². The van der Waals surface area contributed by atoms with Crippen LogP contribution in [0.25, 0.3) is 22.3 Å². The molecule has 0 saturated heterocycles. The predicted octanol–water partition coefficient (Wildman–Crippen LogP) is 28.8. The molecular formula is C134H157ClN10OS. The number of hydrogen-bond acceptors (Lipinski definition) is 12. The van der Waals surface area contributed by atoms with Gasteiger partial charge in [0.15, 0.2) is 0 Å². The Morgan fingerprint density at radius 2 is 0.605 bits per heavy atom. The van der Waals surface area contributed by atoms with Crippen LogP contribution in [0.5, 0.6) is 5.75 Å². The number of thioether (sulfide) groups is 1. The number of para-hydroxylation sites is 6. The molecule has 147 heavy (non-hydrogen) atoms. The van der Waals surface area contributed by atoms with E-state index in [4.69, 9.17) is 16.3 Å². The van der Waals surface area contributed by atoms with Crippen LogP contribution in [0, 0.1) is 5.92 Å². The molecule has 11 nitrogen and oxygen atoms in total. The van der Waals surface area contributed by atoms with E-state index in [0.29, 0.717) is 12.5 Å². The van der Waals surface area contributed by atoms with Gasteiger partial charge in [0.2, 0.25) is 0 Å². The average molecular weight is 1990 g/mol. The summed E-state index contributed by atoms with van der Waals surface area (Å²) >= 11 is 8.22. The zero-order valence-corrected chi connectivity index (χ0v) is 91.3. The van der Waals surface area contributed by atoms with E-state index in [1.54, 1.807) is 0 Å². The maximum Gasteiger partial charge on any atom is 0.127 e. The van der Waals surface area contributed by atoms with Crippen molar-refractivity contribution >= 4 is 79.8 Å². The third-order valence-electron chi connectivity index (χ3n) is 28.5. The van der Waals surface area contributed by atoms with E-state index in [2.05, 4.69) is 473 Å². The topological polar surface area (TPSA) is 59.2 Å². The number of rotatable bonds is 24. The Kier molecular flexibility index (Phi) is 41.5. The van der Waals surface area contributed by atoms with Crippen molar-refractivity contribution in [2.75, 3.05) is 165 Å². The lowest BCUT2D eigenvalue weighted by Crippen LogP contribution is -2.30. The molecule has 762 valence electrons. The van der Waals surface area contributed by atoms with Crippen molar-refractivity contribution in [1.82, 2.24) is 35.1 Å². The first-order valence-corrected chi connectivity index (χ1v) is 55.0. The third kappa shape index (κ3) is 30.2. The lowest BCUT2D eigenvalue weighted by atomic mass is 9.93. The van der Waals surface area contributed by atoms with Gasteiger partial charge in [0.1, 0.15) is 12.4 Å². The van der Waals surface area contributed by atoms with Crippen molar-refractivity contribution in [2.45, 2.75) is 127 Å². The summed E-state index contributed by atoms with van der Waals surface area (Å²) in [4.78, 5) is 20.1. The van der Waals surface area contributed by atoms with Crippen LogP contribution in [0.1, 0.15) is 157 Å². The minimum atomic E-state index is 0.620. The lowest BCUT2D eigenvalue weighted by Gasteiger charge is -2.30. The molecule has 0 fully saturated rings. The van der Waals surface area contributed by atoms with Gasteiger partial charge in [-0.1, -0.05) is 322 Å². The second kappa shape index (κ2) is 56.1. The first-order chi connectivity index (χ1) is 71.9. The van der Waals surface area contributed by atoms with Crippen LogP contribution in [-0.2, 0) is 76.6 Å². The summed E-state index contributed by atoms with van der Waals surface area (Å²) in [6.45, 7) is 13.6. The van der Waals surface area contributed by atoms with Gasteiger partial charge in [0, 0.05) is 101 Å². The van der Waals surface area contributed by atoms with Gasteiger partial charge in [-0.05, 0) is 395 Å². The fourth-order valence-corrected chi connectivity index (χ4v) is 22.5. The molecule has 0 amide bonds. The summed E-state index contributed by atoms with van der Waals surface area (Å²) in [7, 11) is 25.3. The molecule has 14 aromatic carbocycles. The van der Waals surface area contributed by atoms with Crippen molar-refractivity contribution in [1.29, 1.82) is 0 Å². The molecule has 2 N–H and O–H groups in total. The molecule has 0 radical (unpaired) electrons. The van der Waals surface area contributed by atoms with E-state index in [1.807, 2.05) is 38.0 Å². The monoisotopic (exact) mass is 1990 g/mol. The van der Waals surface area contributed by atoms with Crippen molar-refractivity contribution in [2.24, 2.45) is 5.92 Å². The molecule has 14 aromatic rings. The number of hydrogen-bond donors (Lipinski definition) is 2. The first-order valence-electron chi connectivity index (χ1n) is 53.6. The second-order valence-electron chi connectivity index (χ2n) is 41.0. The molecule has 0 spiro atoms. The maximum atomic E-state index is 6.27. The number of nitrogens with zero attached hydrogens (tertiary/aromatic N) is 8. The zero-order valence-electron chi connectivity index (χ0n) is 89.7. The van der Waals surface area contributed by atoms with Crippen LogP contribution in [0.4, 0.5) is 34.1 Å². The number of halogens is 1. The number of fused-ring (bicyclic) bond motifs is 14. The molecule has 0 bridgehead atoms. The summed E-state index contributed by atoms with van der Waals surface area (Å²) in [5, 5.41) is 7.29. The van der Waals surface area contributed by atoms with Crippen molar-refractivity contribution in [3.8, 4) is 5.75 Å². The molecule has 5 heterocycles. The minimum Gasteiger partial charge on any atom is -0.488 e. The Morgan fingerprint density at radius 1 is 0.299 bits per heavy atom. The Morgan fingerprint density at radius 3 is 1.02 bits per heavy atom. The molecule has 13 heteroatoms. The average Bonchev–Trinajstić information content (AvgIpc) is 1.68. The van der Waals surface area contributed by atoms with Gasteiger partial charge in [-0.25, -0.2) is 0 Å². The smallest absolute Gasteiger partial charge is 0.127 e. The predicted molar refractivity (Wildman–Crippen MR) is 633 cm³/mol. The van der Waals surface area contributed by atoms with Gasteiger partial charge in [-0.2, -0.15) is 0 Å². The largest absolute Gasteiger partial charge is 0.488 e. The molecule has 1 atom stereocenters. The number of ether oxygens (including phenoxy) is 1. The first kappa shape index (κ1) is 109. The maximum absolute atomic E-state index is 6.27. The zero-order chi connectivity index (χ0) is 103. The van der Waals surface area contributed by atoms with Crippen LogP contribution in [0.3, 0.4) is 0 Å². The molecule has 7 aliphatic rings. The van der Waals surface area contributed by atoms with Crippen molar-refractivity contribution in [3.63, 3.8) is 0 Å². The van der Waals surface area contributed by atoms with Crippen LogP contribution < -0.4 is 30.1 Å². The highest BCUT2D eigenvalue weighted by molar-refractivity contribution is 7.98. The SMILES string of the molecule is CC(CN(C)C)CN1c2ccccc2CCc2ccccc21.CN(C)CC/C=C1/c2ccccc2COc2ccccc21.CN(C)CC/C=C1/c2ccccc2CSc2ccccc21.CN(C)CCC=C1c2ccccc2CCc2ccccc21.CN(C)CCCN1c2ccccc2CCc2ccc(Cl)cc21.CNCCC=C1c2ccccc2CCc2ccccc21.CNCCCN1c2ccccc2CCc2ccccc21. The minimum absolute atomic E-state index is 0.620. The van der Waals surface area contributed by atoms with Crippen LogP contribution in [-0.4, -0.2) is 175 Å². The third-order valence-corrected chi connectivity index (χ3v) is 29.9. The van der Waals surface area contributed by atoms with Crippen molar-refractivity contribution in [3.05, 3.63) is 474 Å². The number of benzene rings is 14. The number of aryl methyl sites for hydroxylation is 10. The molecular weight excluding hydrogens is 1830 g/mol. The van der Waals surface area contributed by atoms with E-state index in [9.17, 15) is 0 Å². The second-order valence-corrected chi connectivity index (χ2v) is 42.4. The highest BCUT2D eigenvalue weighted by Gasteiger charge is 2.28. The summed E-state index contributed by atoms with van der Waals surface area (Å²) < 4.78 is 5.98. The van der Waals surface area contributed by atoms with E-state index < -0.39 is 0 Å². The van der Waals surface area contributed by atoms with Gasteiger partial charge >= 0.3 is 0 Å². The fourth-order valence-electron chi connectivity index (χ4n) is 21.3. The Balaban J connectivity index is 0.000000129. The van der Waals surface area contributed by atoms with E-state index in [1.165, 1.54) is 173 Å². The van der Waals surface area contributed by atoms with Gasteiger partial charge in [0.25, 0.3) is 0 Å². The van der Waals surface area contributed by atoms with E-state index in [0.717, 1.165) is 185 Å². The summed E-state index contributed by atoms with van der Waals surface area (Å²) in [5.41, 5.74) is 41.9. The normalized spacial score (nSPS) is 14.3. The van der Waals surface area contributed by atoms with E-state index in [-0.39, 0.29) is 0 Å². The quantitative estimate of drug-likeness (QED) is 0.0567. The van der Waals surface area contributed by atoms with Gasteiger partial charge in [-0.3, -0.25) is 0 Å². The molecule has 0 aromatic heterocycles. The van der Waals surface area contributed by atoms with Crippen LogP contribution in [0.15, 0.2) is 363 Å². The summed E-state index contributed by atoms with van der Waals surface area (Å²) in [6, 6.07) is 120. The molecule has 1 unspecified atom stereocenters. The Labute approximate surface area is 890 Å². The molecule has 5 aliphatic heterocycles.